The summed E-state index contributed by atoms with van der Waals surface area (Å²) in [6.45, 7) is 9.37. The molecular weight excluding hydrogens is 402 g/mol. The van der Waals surface area contributed by atoms with E-state index in [0.717, 1.165) is 5.56 Å². The third kappa shape index (κ3) is 5.78. The fourth-order valence-corrected chi connectivity index (χ4v) is 4.59. The maximum atomic E-state index is 12.5. The quantitative estimate of drug-likeness (QED) is 0.412. The van der Waals surface area contributed by atoms with Crippen LogP contribution in [-0.4, -0.2) is 48.0 Å². The number of sulfone groups is 1. The van der Waals surface area contributed by atoms with E-state index < -0.39 is 14.6 Å². The van der Waals surface area contributed by atoms with E-state index in [1.807, 2.05) is 13.8 Å². The minimum absolute atomic E-state index is 0.0458. The molecule has 1 aliphatic rings. The van der Waals surface area contributed by atoms with Crippen molar-refractivity contribution in [1.29, 1.82) is 0 Å². The van der Waals surface area contributed by atoms with E-state index in [0.29, 0.717) is 43.4 Å². The molecule has 7 heteroatoms. The Bertz CT molecular complexity index is 925. The SMILES string of the molecule is CC(C)CN1C(=O)c2ccc(CC(=O)CCCCCS(=O)(=O)C(C)(C)C)cc2C1=O. The van der Waals surface area contributed by atoms with Gasteiger partial charge in [-0.05, 0) is 57.2 Å². The lowest BCUT2D eigenvalue weighted by atomic mass is 10.00. The van der Waals surface area contributed by atoms with Gasteiger partial charge in [-0.3, -0.25) is 19.3 Å². The first-order valence-electron chi connectivity index (χ1n) is 10.6. The standard InChI is InChI=1S/C23H33NO5S/c1-16(2)15-24-21(26)19-11-10-17(14-20(19)22(24)27)13-18(25)9-7-6-8-12-30(28,29)23(3,4)5/h10-11,14,16H,6-9,12-13,15H2,1-5H3. The van der Waals surface area contributed by atoms with Crippen LogP contribution in [0.1, 0.15) is 86.6 Å². The minimum Gasteiger partial charge on any atom is -0.299 e. The van der Waals surface area contributed by atoms with Gasteiger partial charge in [0.1, 0.15) is 5.78 Å². The van der Waals surface area contributed by atoms with Gasteiger partial charge in [-0.1, -0.05) is 26.3 Å². The number of nitrogens with zero attached hydrogens (tertiary/aromatic N) is 1. The van der Waals surface area contributed by atoms with Crippen molar-refractivity contribution < 1.29 is 22.8 Å². The van der Waals surface area contributed by atoms with Gasteiger partial charge in [0.15, 0.2) is 9.84 Å². The van der Waals surface area contributed by atoms with Crippen LogP contribution < -0.4 is 0 Å². The average molecular weight is 436 g/mol. The largest absolute Gasteiger partial charge is 0.299 e. The van der Waals surface area contributed by atoms with Crippen LogP contribution >= 0.6 is 0 Å². The van der Waals surface area contributed by atoms with Crippen molar-refractivity contribution in [1.82, 2.24) is 4.90 Å². The second kappa shape index (κ2) is 9.41. The maximum Gasteiger partial charge on any atom is 0.261 e. The molecule has 0 unspecified atom stereocenters. The van der Waals surface area contributed by atoms with Crippen LogP contribution in [0.2, 0.25) is 0 Å². The van der Waals surface area contributed by atoms with E-state index in [4.69, 9.17) is 0 Å². The van der Waals surface area contributed by atoms with E-state index in [9.17, 15) is 22.8 Å². The zero-order valence-corrected chi connectivity index (χ0v) is 19.5. The Hall–Kier alpha value is -2.02. The molecule has 2 rings (SSSR count). The van der Waals surface area contributed by atoms with Crippen molar-refractivity contribution >= 4 is 27.4 Å². The van der Waals surface area contributed by atoms with E-state index in [1.165, 1.54) is 4.90 Å². The number of unbranched alkanes of at least 4 members (excludes halogenated alkanes) is 2. The molecule has 6 nitrogen and oxygen atoms in total. The van der Waals surface area contributed by atoms with Crippen LogP contribution in [0.3, 0.4) is 0 Å². The predicted molar refractivity (Wildman–Crippen MR) is 117 cm³/mol. The molecule has 2 amide bonds. The first-order chi connectivity index (χ1) is 13.8. The fraction of sp³-hybridized carbons (Fsp3) is 0.609. The molecule has 166 valence electrons. The first-order valence-corrected chi connectivity index (χ1v) is 12.2. The summed E-state index contributed by atoms with van der Waals surface area (Å²) < 4.78 is 23.4. The fourth-order valence-electron chi connectivity index (χ4n) is 3.39. The third-order valence-corrected chi connectivity index (χ3v) is 7.98. The van der Waals surface area contributed by atoms with Crippen molar-refractivity contribution in [2.24, 2.45) is 5.92 Å². The van der Waals surface area contributed by atoms with Crippen molar-refractivity contribution in [3.63, 3.8) is 0 Å². The van der Waals surface area contributed by atoms with Gasteiger partial charge in [-0.15, -0.1) is 0 Å². The molecule has 0 saturated heterocycles. The number of fused-ring (bicyclic) bond motifs is 1. The number of amides is 2. The summed E-state index contributed by atoms with van der Waals surface area (Å²) in [5.74, 6) is -0.195. The Labute approximate surface area is 179 Å². The van der Waals surface area contributed by atoms with Crippen LogP contribution in [-0.2, 0) is 21.1 Å². The number of rotatable bonds is 10. The molecule has 1 aliphatic heterocycles. The average Bonchev–Trinajstić information content (AvgIpc) is 2.84. The van der Waals surface area contributed by atoms with Gasteiger partial charge in [0.2, 0.25) is 0 Å². The van der Waals surface area contributed by atoms with E-state index in [2.05, 4.69) is 0 Å². The molecule has 1 aromatic rings. The molecule has 0 bridgehead atoms. The Morgan fingerprint density at radius 2 is 1.63 bits per heavy atom. The van der Waals surface area contributed by atoms with Crippen LogP contribution in [0, 0.1) is 5.92 Å². The molecular formula is C23H33NO5S. The number of carbonyl (C=O) groups is 3. The number of carbonyl (C=O) groups excluding carboxylic acids is 3. The Kier molecular flexibility index (Phi) is 7.61. The molecule has 30 heavy (non-hydrogen) atoms. The van der Waals surface area contributed by atoms with Gasteiger partial charge in [0, 0.05) is 19.4 Å². The summed E-state index contributed by atoms with van der Waals surface area (Å²) in [5, 5.41) is 0. The van der Waals surface area contributed by atoms with Crippen molar-refractivity contribution in [3.05, 3.63) is 34.9 Å². The van der Waals surface area contributed by atoms with Crippen molar-refractivity contribution in [2.45, 2.75) is 71.5 Å². The lowest BCUT2D eigenvalue weighted by molar-refractivity contribution is -0.118. The number of Topliss-reactive ketones (excluding diaryl/α,β-unsaturated/α-hetero) is 1. The van der Waals surface area contributed by atoms with E-state index in [1.54, 1.807) is 39.0 Å². The summed E-state index contributed by atoms with van der Waals surface area (Å²) in [6, 6.07) is 5.02. The minimum atomic E-state index is -3.12. The normalized spacial score (nSPS) is 14.5. The highest BCUT2D eigenvalue weighted by atomic mass is 32.2. The zero-order chi connectivity index (χ0) is 22.7. The lowest BCUT2D eigenvalue weighted by Crippen LogP contribution is -2.33. The number of hydrogen-bond donors (Lipinski definition) is 0. The summed E-state index contributed by atoms with van der Waals surface area (Å²) in [7, 11) is -3.12. The molecule has 0 aliphatic carbocycles. The topological polar surface area (TPSA) is 88.6 Å². The lowest BCUT2D eigenvalue weighted by Gasteiger charge is -2.18. The van der Waals surface area contributed by atoms with E-state index >= 15 is 0 Å². The maximum absolute atomic E-state index is 12.5. The predicted octanol–water partition coefficient (Wildman–Crippen LogP) is 3.82. The summed E-state index contributed by atoms with van der Waals surface area (Å²) in [6.07, 6.45) is 2.46. The number of benzene rings is 1. The number of hydrogen-bond acceptors (Lipinski definition) is 5. The molecule has 0 N–H and O–H groups in total. The van der Waals surface area contributed by atoms with E-state index in [-0.39, 0.29) is 35.7 Å². The van der Waals surface area contributed by atoms with Gasteiger partial charge in [-0.2, -0.15) is 0 Å². The van der Waals surface area contributed by atoms with Gasteiger partial charge in [0.05, 0.1) is 21.6 Å². The zero-order valence-electron chi connectivity index (χ0n) is 18.7. The van der Waals surface area contributed by atoms with Crippen molar-refractivity contribution in [2.75, 3.05) is 12.3 Å². The molecule has 0 fully saturated rings. The summed E-state index contributed by atoms with van der Waals surface area (Å²) in [4.78, 5) is 38.5. The van der Waals surface area contributed by atoms with Crippen LogP contribution in [0.5, 0.6) is 0 Å². The van der Waals surface area contributed by atoms with Crippen LogP contribution in [0.15, 0.2) is 18.2 Å². The van der Waals surface area contributed by atoms with Gasteiger partial charge in [-0.25, -0.2) is 8.42 Å². The third-order valence-electron chi connectivity index (χ3n) is 5.29. The molecule has 0 aromatic heterocycles. The monoisotopic (exact) mass is 435 g/mol. The Morgan fingerprint density at radius 1 is 1.00 bits per heavy atom. The number of ketones is 1. The molecule has 0 saturated carbocycles. The highest BCUT2D eigenvalue weighted by molar-refractivity contribution is 7.92. The van der Waals surface area contributed by atoms with Gasteiger partial charge >= 0.3 is 0 Å². The first kappa shape index (κ1) is 24.3. The van der Waals surface area contributed by atoms with Crippen LogP contribution in [0.25, 0.3) is 0 Å². The summed E-state index contributed by atoms with van der Waals surface area (Å²) >= 11 is 0. The van der Waals surface area contributed by atoms with Gasteiger partial charge < -0.3 is 0 Å². The molecule has 0 spiro atoms. The van der Waals surface area contributed by atoms with Crippen LogP contribution in [0.4, 0.5) is 0 Å². The molecule has 0 atom stereocenters. The van der Waals surface area contributed by atoms with Crippen molar-refractivity contribution in [3.8, 4) is 0 Å². The highest BCUT2D eigenvalue weighted by Crippen LogP contribution is 2.25. The number of imide groups is 1. The summed E-state index contributed by atoms with van der Waals surface area (Å²) in [5.41, 5.74) is 1.50. The Balaban J connectivity index is 1.86. The second-order valence-electron chi connectivity index (χ2n) is 9.45. The highest BCUT2D eigenvalue weighted by Gasteiger charge is 2.35. The Morgan fingerprint density at radius 3 is 2.23 bits per heavy atom. The second-order valence-corrected chi connectivity index (χ2v) is 12.3. The van der Waals surface area contributed by atoms with Gasteiger partial charge in [0.25, 0.3) is 11.8 Å². The smallest absolute Gasteiger partial charge is 0.261 e. The molecule has 1 heterocycles. The molecule has 1 aromatic carbocycles. The molecule has 0 radical (unpaired) electrons.